The van der Waals surface area contributed by atoms with Crippen LogP contribution in [0.1, 0.15) is 12.2 Å². The van der Waals surface area contributed by atoms with E-state index in [0.29, 0.717) is 4.90 Å². The molecule has 0 atom stereocenters. The Balaban J connectivity index is 2.10. The molecule has 6 nitrogen and oxygen atoms in total. The first-order valence-electron chi connectivity index (χ1n) is 4.69. The molecule has 0 spiro atoms. The first-order valence-corrected chi connectivity index (χ1v) is 5.50. The number of nitrogens with zero attached hydrogens (tertiary/aromatic N) is 3. The topological polar surface area (TPSA) is 84.7 Å². The van der Waals surface area contributed by atoms with Gasteiger partial charge in [0.25, 0.3) is 12.1 Å². The van der Waals surface area contributed by atoms with E-state index < -0.39 is 17.2 Å². The fourth-order valence-electron chi connectivity index (χ4n) is 1.14. The molecule has 0 unspecified atom stereocenters. The zero-order chi connectivity index (χ0) is 13.1. The number of halogens is 2. The highest BCUT2D eigenvalue weighted by Crippen LogP contribution is 2.27. The number of alkyl halides is 2. The zero-order valence-electron chi connectivity index (χ0n) is 8.71. The van der Waals surface area contributed by atoms with Gasteiger partial charge in [0, 0.05) is 17.0 Å². The SMILES string of the molecule is O=[N+]([O-])c1ccc(Sc2n[nH]c(C(F)F)n2)cc1. The third-order valence-corrected chi connectivity index (χ3v) is 2.82. The number of aromatic nitrogens is 3. The number of nitro benzene ring substituents is 1. The van der Waals surface area contributed by atoms with E-state index in [1.165, 1.54) is 24.3 Å². The van der Waals surface area contributed by atoms with Crippen molar-refractivity contribution in [2.45, 2.75) is 16.5 Å². The fraction of sp³-hybridized carbons (Fsp3) is 0.111. The van der Waals surface area contributed by atoms with Crippen LogP contribution in [0.25, 0.3) is 0 Å². The van der Waals surface area contributed by atoms with Crippen molar-refractivity contribution in [2.24, 2.45) is 0 Å². The molecular weight excluding hydrogens is 266 g/mol. The second kappa shape index (κ2) is 5.08. The Kier molecular flexibility index (Phi) is 3.51. The highest BCUT2D eigenvalue weighted by Gasteiger charge is 2.14. The van der Waals surface area contributed by atoms with Crippen molar-refractivity contribution in [3.8, 4) is 0 Å². The molecule has 0 amide bonds. The monoisotopic (exact) mass is 272 g/mol. The Labute approximate surface area is 104 Å². The number of aromatic amines is 1. The third kappa shape index (κ3) is 2.80. The summed E-state index contributed by atoms with van der Waals surface area (Å²) in [6.45, 7) is 0. The molecular formula is C9H6F2N4O2S. The molecule has 0 bridgehead atoms. The fourth-order valence-corrected chi connectivity index (χ4v) is 1.86. The van der Waals surface area contributed by atoms with Crippen LogP contribution in [-0.2, 0) is 0 Å². The maximum absolute atomic E-state index is 12.2. The predicted octanol–water partition coefficient (Wildman–Crippen LogP) is 2.80. The lowest BCUT2D eigenvalue weighted by Gasteiger charge is -1.96. The van der Waals surface area contributed by atoms with Gasteiger partial charge in [0.2, 0.25) is 5.16 Å². The number of hydrogen-bond donors (Lipinski definition) is 1. The summed E-state index contributed by atoms with van der Waals surface area (Å²) in [5.74, 6) is -0.501. The quantitative estimate of drug-likeness (QED) is 0.683. The molecule has 0 saturated heterocycles. The van der Waals surface area contributed by atoms with Crippen molar-refractivity contribution in [3.05, 3.63) is 40.2 Å². The van der Waals surface area contributed by atoms with E-state index in [-0.39, 0.29) is 10.8 Å². The summed E-state index contributed by atoms with van der Waals surface area (Å²) in [7, 11) is 0. The summed E-state index contributed by atoms with van der Waals surface area (Å²) in [6.07, 6.45) is -2.70. The molecule has 18 heavy (non-hydrogen) atoms. The second-order valence-electron chi connectivity index (χ2n) is 3.16. The highest BCUT2D eigenvalue weighted by molar-refractivity contribution is 7.99. The molecule has 0 radical (unpaired) electrons. The van der Waals surface area contributed by atoms with E-state index in [0.717, 1.165) is 11.8 Å². The molecule has 1 N–H and O–H groups in total. The molecule has 2 rings (SSSR count). The van der Waals surface area contributed by atoms with Crippen LogP contribution in [0.3, 0.4) is 0 Å². The molecule has 9 heteroatoms. The van der Waals surface area contributed by atoms with Gasteiger partial charge >= 0.3 is 0 Å². The van der Waals surface area contributed by atoms with Crippen LogP contribution in [0.4, 0.5) is 14.5 Å². The minimum Gasteiger partial charge on any atom is -0.258 e. The summed E-state index contributed by atoms with van der Waals surface area (Å²) >= 11 is 1.04. The van der Waals surface area contributed by atoms with Crippen LogP contribution >= 0.6 is 11.8 Å². The Morgan fingerprint density at radius 3 is 2.50 bits per heavy atom. The smallest absolute Gasteiger partial charge is 0.258 e. The van der Waals surface area contributed by atoms with E-state index in [9.17, 15) is 18.9 Å². The average Bonchev–Trinajstić information content (AvgIpc) is 2.78. The molecule has 0 aliphatic carbocycles. The van der Waals surface area contributed by atoms with E-state index >= 15 is 0 Å². The second-order valence-corrected chi connectivity index (χ2v) is 4.20. The van der Waals surface area contributed by atoms with E-state index in [1.54, 1.807) is 0 Å². The van der Waals surface area contributed by atoms with Gasteiger partial charge in [0.1, 0.15) is 0 Å². The standard InChI is InChI=1S/C9H6F2N4O2S/c10-7(11)8-12-9(14-13-8)18-6-3-1-5(2-4-6)15(16)17/h1-4,7H,(H,12,13,14). The molecule has 1 heterocycles. The average molecular weight is 272 g/mol. The Bertz CT molecular complexity index is 558. The molecule has 0 fully saturated rings. The first kappa shape index (κ1) is 12.4. The summed E-state index contributed by atoms with van der Waals surface area (Å²) in [5, 5.41) is 16.3. The minimum atomic E-state index is -2.70. The van der Waals surface area contributed by atoms with Gasteiger partial charge in [0.15, 0.2) is 5.82 Å². The third-order valence-electron chi connectivity index (χ3n) is 1.95. The first-order chi connectivity index (χ1) is 8.56. The minimum absolute atomic E-state index is 0.0393. The van der Waals surface area contributed by atoms with Crippen LogP contribution in [-0.4, -0.2) is 20.1 Å². The molecule has 0 aliphatic heterocycles. The lowest BCUT2D eigenvalue weighted by molar-refractivity contribution is -0.384. The number of nitrogens with one attached hydrogen (secondary N) is 1. The summed E-state index contributed by atoms with van der Waals surface area (Å²) in [4.78, 5) is 14.1. The molecule has 0 aliphatic rings. The van der Waals surface area contributed by atoms with Gasteiger partial charge < -0.3 is 0 Å². The summed E-state index contributed by atoms with van der Waals surface area (Å²) in [6, 6.07) is 5.65. The molecule has 1 aromatic heterocycles. The number of hydrogen-bond acceptors (Lipinski definition) is 5. The predicted molar refractivity (Wildman–Crippen MR) is 58.6 cm³/mol. The molecule has 0 saturated carbocycles. The van der Waals surface area contributed by atoms with Crippen molar-refractivity contribution < 1.29 is 13.7 Å². The van der Waals surface area contributed by atoms with Gasteiger partial charge in [-0.15, -0.1) is 5.10 Å². The van der Waals surface area contributed by atoms with Crippen LogP contribution in [0.5, 0.6) is 0 Å². The zero-order valence-corrected chi connectivity index (χ0v) is 9.53. The van der Waals surface area contributed by atoms with Crippen LogP contribution in [0.15, 0.2) is 34.3 Å². The number of nitro groups is 1. The Hall–Kier alpha value is -2.03. The summed E-state index contributed by atoms with van der Waals surface area (Å²) in [5.41, 5.74) is -0.0393. The van der Waals surface area contributed by atoms with E-state index in [4.69, 9.17) is 0 Å². The molecule has 1 aromatic carbocycles. The number of rotatable bonds is 4. The van der Waals surface area contributed by atoms with Crippen molar-refractivity contribution >= 4 is 17.4 Å². The lowest BCUT2D eigenvalue weighted by atomic mass is 10.3. The van der Waals surface area contributed by atoms with Crippen molar-refractivity contribution in [1.29, 1.82) is 0 Å². The van der Waals surface area contributed by atoms with Gasteiger partial charge in [-0.1, -0.05) is 0 Å². The lowest BCUT2D eigenvalue weighted by Crippen LogP contribution is -1.87. The van der Waals surface area contributed by atoms with E-state index in [2.05, 4.69) is 15.2 Å². The normalized spacial score (nSPS) is 10.8. The molecule has 2 aromatic rings. The number of non-ortho nitro benzene ring substituents is 1. The van der Waals surface area contributed by atoms with Crippen LogP contribution in [0.2, 0.25) is 0 Å². The Morgan fingerprint density at radius 2 is 2.00 bits per heavy atom. The maximum Gasteiger partial charge on any atom is 0.296 e. The van der Waals surface area contributed by atoms with Gasteiger partial charge in [-0.05, 0) is 23.9 Å². The molecule has 94 valence electrons. The van der Waals surface area contributed by atoms with Gasteiger partial charge in [-0.3, -0.25) is 15.2 Å². The maximum atomic E-state index is 12.2. The van der Waals surface area contributed by atoms with Crippen molar-refractivity contribution in [1.82, 2.24) is 15.2 Å². The van der Waals surface area contributed by atoms with Crippen LogP contribution in [0, 0.1) is 10.1 Å². The van der Waals surface area contributed by atoms with Gasteiger partial charge in [-0.25, -0.2) is 8.78 Å². The van der Waals surface area contributed by atoms with Crippen molar-refractivity contribution in [2.75, 3.05) is 0 Å². The Morgan fingerprint density at radius 1 is 1.33 bits per heavy atom. The van der Waals surface area contributed by atoms with Crippen LogP contribution < -0.4 is 0 Å². The van der Waals surface area contributed by atoms with Crippen molar-refractivity contribution in [3.63, 3.8) is 0 Å². The highest BCUT2D eigenvalue weighted by atomic mass is 32.2. The summed E-state index contributed by atoms with van der Waals surface area (Å²) < 4.78 is 24.5. The van der Waals surface area contributed by atoms with E-state index in [1.807, 2.05) is 0 Å². The number of H-pyrrole nitrogens is 1. The van der Waals surface area contributed by atoms with Gasteiger partial charge in [-0.2, -0.15) is 4.98 Å². The number of benzene rings is 1. The largest absolute Gasteiger partial charge is 0.296 e. The van der Waals surface area contributed by atoms with Gasteiger partial charge in [0.05, 0.1) is 4.92 Å².